The lowest BCUT2D eigenvalue weighted by atomic mass is 10.1. The highest BCUT2D eigenvalue weighted by Crippen LogP contribution is 2.11. The number of benzene rings is 1. The van der Waals surface area contributed by atoms with E-state index in [0.29, 0.717) is 0 Å². The van der Waals surface area contributed by atoms with Crippen LogP contribution in [-0.4, -0.2) is 9.04 Å². The second-order valence-electron chi connectivity index (χ2n) is 3.38. The maximum absolute atomic E-state index is 5.47. The van der Waals surface area contributed by atoms with Crippen LogP contribution in [0.2, 0.25) is 13.1 Å². The Bertz CT molecular complexity index is 305. The van der Waals surface area contributed by atoms with Gasteiger partial charge < -0.3 is 4.43 Å². The van der Waals surface area contributed by atoms with Gasteiger partial charge in [-0.25, -0.2) is 0 Å². The van der Waals surface area contributed by atoms with Gasteiger partial charge in [-0.1, -0.05) is 31.2 Å². The van der Waals surface area contributed by atoms with Crippen molar-refractivity contribution in [1.29, 1.82) is 0 Å². The summed E-state index contributed by atoms with van der Waals surface area (Å²) in [5.41, 5.74) is 2.63. The van der Waals surface area contributed by atoms with Crippen LogP contribution in [0, 0.1) is 0 Å². The molecule has 1 aromatic carbocycles. The molecule has 0 unspecified atom stereocenters. The summed E-state index contributed by atoms with van der Waals surface area (Å²) in [6, 6.07) is 8.41. The highest BCUT2D eigenvalue weighted by atomic mass is 28.3. The first-order valence-corrected chi connectivity index (χ1v) is 7.36. The minimum absolute atomic E-state index is 0.610. The van der Waals surface area contributed by atoms with Crippen LogP contribution in [0.4, 0.5) is 0 Å². The molecule has 1 aromatic rings. The molecule has 0 N–H and O–H groups in total. The molecule has 1 radical (unpaired) electrons. The van der Waals surface area contributed by atoms with Gasteiger partial charge in [-0.05, 0) is 36.7 Å². The number of aryl methyl sites for hydroxylation is 1. The second-order valence-corrected chi connectivity index (χ2v) is 5.43. The van der Waals surface area contributed by atoms with Gasteiger partial charge in [-0.15, -0.1) is 0 Å². The summed E-state index contributed by atoms with van der Waals surface area (Å²) in [5.74, 6) is 0. The van der Waals surface area contributed by atoms with E-state index in [0.717, 1.165) is 6.42 Å². The quantitative estimate of drug-likeness (QED) is 0.540. The maximum atomic E-state index is 5.47. The van der Waals surface area contributed by atoms with Gasteiger partial charge >= 0.3 is 0 Å². The Morgan fingerprint density at radius 3 is 2.64 bits per heavy atom. The molecule has 2 heteroatoms. The first-order valence-electron chi connectivity index (χ1n) is 4.95. The lowest BCUT2D eigenvalue weighted by Crippen LogP contribution is -2.00. The molecule has 0 bridgehead atoms. The van der Waals surface area contributed by atoms with E-state index in [9.17, 15) is 0 Å². The summed E-state index contributed by atoms with van der Waals surface area (Å²) >= 11 is 0. The molecular weight excluding hydrogens is 188 g/mol. The third kappa shape index (κ3) is 3.38. The average molecular weight is 205 g/mol. The van der Waals surface area contributed by atoms with Gasteiger partial charge in [0.2, 0.25) is 0 Å². The van der Waals surface area contributed by atoms with Gasteiger partial charge in [-0.2, -0.15) is 0 Å². The lowest BCUT2D eigenvalue weighted by molar-refractivity contribution is 0.505. The first-order chi connectivity index (χ1) is 6.74. The molecule has 0 aromatic heterocycles. The molecule has 1 rings (SSSR count). The third-order valence-electron chi connectivity index (χ3n) is 1.99. The van der Waals surface area contributed by atoms with Crippen LogP contribution < -0.4 is 0 Å². The van der Waals surface area contributed by atoms with E-state index in [1.807, 2.05) is 6.26 Å². The highest BCUT2D eigenvalue weighted by molar-refractivity contribution is 6.48. The number of rotatable bonds is 4. The van der Waals surface area contributed by atoms with E-state index in [2.05, 4.69) is 50.4 Å². The van der Waals surface area contributed by atoms with E-state index in [-0.39, 0.29) is 0 Å². The van der Waals surface area contributed by atoms with Crippen LogP contribution in [0.5, 0.6) is 0 Å². The van der Waals surface area contributed by atoms with Crippen molar-refractivity contribution in [3.05, 3.63) is 41.7 Å². The summed E-state index contributed by atoms with van der Waals surface area (Å²) < 4.78 is 5.47. The van der Waals surface area contributed by atoms with Gasteiger partial charge in [0.15, 0.2) is 0 Å². The van der Waals surface area contributed by atoms with Crippen LogP contribution in [0.3, 0.4) is 0 Å². The zero-order valence-corrected chi connectivity index (χ0v) is 10.1. The van der Waals surface area contributed by atoms with Crippen molar-refractivity contribution in [2.75, 3.05) is 0 Å². The largest absolute Gasteiger partial charge is 0.548 e. The van der Waals surface area contributed by atoms with Crippen LogP contribution in [0.15, 0.2) is 30.5 Å². The molecule has 0 aliphatic heterocycles. The van der Waals surface area contributed by atoms with Crippen molar-refractivity contribution >= 4 is 15.1 Å². The minimum atomic E-state index is -0.610. The Kier molecular flexibility index (Phi) is 4.46. The molecule has 75 valence electrons. The summed E-state index contributed by atoms with van der Waals surface area (Å²) in [5, 5.41) is 0. The van der Waals surface area contributed by atoms with Crippen LogP contribution in [-0.2, 0) is 10.8 Å². The van der Waals surface area contributed by atoms with Gasteiger partial charge in [0, 0.05) is 0 Å². The topological polar surface area (TPSA) is 9.23 Å². The maximum Gasteiger partial charge on any atom is 0.273 e. The van der Waals surface area contributed by atoms with E-state index in [1.165, 1.54) is 11.1 Å². The molecule has 0 aliphatic rings. The van der Waals surface area contributed by atoms with Gasteiger partial charge in [0.1, 0.15) is 0 Å². The Balaban J connectivity index is 2.70. The zero-order chi connectivity index (χ0) is 10.4. The third-order valence-corrected chi connectivity index (χ3v) is 2.59. The molecule has 0 saturated carbocycles. The highest BCUT2D eigenvalue weighted by Gasteiger charge is 1.96. The van der Waals surface area contributed by atoms with Gasteiger partial charge in [-0.3, -0.25) is 0 Å². The van der Waals surface area contributed by atoms with E-state index in [1.54, 1.807) is 0 Å². The van der Waals surface area contributed by atoms with Crippen LogP contribution >= 0.6 is 0 Å². The molecule has 0 heterocycles. The first kappa shape index (κ1) is 11.1. The SMILES string of the molecule is CCc1ccccc1C=CO[Si](C)C. The van der Waals surface area contributed by atoms with Crippen LogP contribution in [0.1, 0.15) is 18.1 Å². The molecule has 14 heavy (non-hydrogen) atoms. The summed E-state index contributed by atoms with van der Waals surface area (Å²) in [6.45, 7) is 6.42. The lowest BCUT2D eigenvalue weighted by Gasteiger charge is -2.03. The molecular formula is C12H17OSi. The van der Waals surface area contributed by atoms with E-state index in [4.69, 9.17) is 4.43 Å². The number of hydrogen-bond donors (Lipinski definition) is 0. The average Bonchev–Trinajstić information content (AvgIpc) is 2.18. The monoisotopic (exact) mass is 205 g/mol. The number of hydrogen-bond acceptors (Lipinski definition) is 1. The van der Waals surface area contributed by atoms with Crippen molar-refractivity contribution in [2.24, 2.45) is 0 Å². The van der Waals surface area contributed by atoms with Gasteiger partial charge in [0.05, 0.1) is 6.26 Å². The predicted octanol–water partition coefficient (Wildman–Crippen LogP) is 3.49. The fourth-order valence-electron chi connectivity index (χ4n) is 1.26. The van der Waals surface area contributed by atoms with Gasteiger partial charge in [0.25, 0.3) is 9.04 Å². The van der Waals surface area contributed by atoms with Crippen molar-refractivity contribution in [1.82, 2.24) is 0 Å². The van der Waals surface area contributed by atoms with Crippen molar-refractivity contribution in [3.8, 4) is 0 Å². The van der Waals surface area contributed by atoms with E-state index < -0.39 is 9.04 Å². The second kappa shape index (κ2) is 5.65. The Morgan fingerprint density at radius 2 is 2.00 bits per heavy atom. The van der Waals surface area contributed by atoms with Crippen LogP contribution in [0.25, 0.3) is 6.08 Å². The predicted molar refractivity (Wildman–Crippen MR) is 63.4 cm³/mol. The molecule has 0 amide bonds. The molecule has 0 fully saturated rings. The fraction of sp³-hybridized carbons (Fsp3) is 0.333. The van der Waals surface area contributed by atoms with Crippen molar-refractivity contribution in [2.45, 2.75) is 26.4 Å². The molecule has 0 saturated heterocycles. The normalized spacial score (nSPS) is 11.1. The summed E-state index contributed by atoms with van der Waals surface area (Å²) in [6.07, 6.45) is 4.94. The Morgan fingerprint density at radius 1 is 1.29 bits per heavy atom. The van der Waals surface area contributed by atoms with Crippen molar-refractivity contribution < 1.29 is 4.43 Å². The molecule has 1 nitrogen and oxygen atoms in total. The van der Waals surface area contributed by atoms with Crippen molar-refractivity contribution in [3.63, 3.8) is 0 Å². The molecule has 0 spiro atoms. The Hall–Kier alpha value is -1.02. The molecule has 0 atom stereocenters. The smallest absolute Gasteiger partial charge is 0.273 e. The summed E-state index contributed by atoms with van der Waals surface area (Å²) in [7, 11) is -0.610. The Labute approximate surface area is 88.1 Å². The minimum Gasteiger partial charge on any atom is -0.548 e. The van der Waals surface area contributed by atoms with E-state index >= 15 is 0 Å². The standard InChI is InChI=1S/C12H17OSi/c1-4-11-7-5-6-8-12(11)9-10-13-14(2)3/h5-10H,4H2,1-3H3. The zero-order valence-electron chi connectivity index (χ0n) is 9.08. The molecule has 0 aliphatic carbocycles. The summed E-state index contributed by atoms with van der Waals surface area (Å²) in [4.78, 5) is 0. The fourth-order valence-corrected chi connectivity index (χ4v) is 1.60.